The summed E-state index contributed by atoms with van der Waals surface area (Å²) in [4.78, 5) is 0. The van der Waals surface area contributed by atoms with Crippen LogP contribution in [-0.4, -0.2) is 3.21 Å². The van der Waals surface area contributed by atoms with E-state index in [0.717, 1.165) is 6.42 Å². The standard InChI is InChI=1S/C21H25.C21H26.C13H21.2ClH.Zr/c1-20(2,3)16-7-9-18-14(12-16)11-15-13-17(21(4,5)6)8-10-19(15)18;1-20(2,3)18-11-7-16(8-12-18)15-17-9-13-19(14-10-17)21(4,5)6;1-6-10-8-11(7-2)12(9-10)13(3,4)5;;;/h7-13H,1-6H3;7-14H,1-6H3;9-10H,6-7H2,1-5H3;2*1H;/q-1;;-1;;;+2/p-2. The van der Waals surface area contributed by atoms with Gasteiger partial charge in [-0.05, 0) is 10.8 Å². The topological polar surface area (TPSA) is 0 Å². The molecule has 1 aliphatic rings. The summed E-state index contributed by atoms with van der Waals surface area (Å²) < 4.78 is 1.42. The Morgan fingerprint density at radius 3 is 1.14 bits per heavy atom. The number of halogens is 2. The summed E-state index contributed by atoms with van der Waals surface area (Å²) in [7, 11) is 0. The van der Waals surface area contributed by atoms with Crippen molar-refractivity contribution in [3.8, 4) is 0 Å². The molecule has 5 aromatic carbocycles. The molecule has 0 heterocycles. The number of hydrogen-bond donors (Lipinski definition) is 0. The van der Waals surface area contributed by atoms with Crippen molar-refractivity contribution in [1.82, 2.24) is 0 Å². The molecule has 312 valence electrons. The van der Waals surface area contributed by atoms with Crippen molar-refractivity contribution in [3.63, 3.8) is 0 Å². The van der Waals surface area contributed by atoms with Gasteiger partial charge in [0, 0.05) is 0 Å². The van der Waals surface area contributed by atoms with E-state index in [-0.39, 0.29) is 46.5 Å². The largest absolute Gasteiger partial charge is 1.00 e. The van der Waals surface area contributed by atoms with Crippen molar-refractivity contribution in [2.45, 2.75) is 152 Å². The monoisotopic (exact) mass is 892 g/mol. The first-order valence-electron chi connectivity index (χ1n) is 21.0. The van der Waals surface area contributed by atoms with Crippen LogP contribution in [0.3, 0.4) is 0 Å². The van der Waals surface area contributed by atoms with E-state index in [1.165, 1.54) is 99.9 Å². The van der Waals surface area contributed by atoms with E-state index in [4.69, 9.17) is 0 Å². The molecule has 0 aromatic heterocycles. The van der Waals surface area contributed by atoms with Gasteiger partial charge in [0.2, 0.25) is 0 Å². The maximum atomic E-state index is 3.57. The van der Waals surface area contributed by atoms with Crippen molar-refractivity contribution in [2.75, 3.05) is 0 Å². The zero-order chi connectivity index (χ0) is 42.0. The van der Waals surface area contributed by atoms with Gasteiger partial charge in [-0.3, -0.25) is 6.08 Å². The van der Waals surface area contributed by atoms with Crippen LogP contribution in [-0.2, 0) is 45.9 Å². The summed E-state index contributed by atoms with van der Waals surface area (Å²) >= 11 is 1.46. The minimum atomic E-state index is 0. The molecule has 0 fully saturated rings. The van der Waals surface area contributed by atoms with Gasteiger partial charge in [-0.25, -0.2) is 5.57 Å². The van der Waals surface area contributed by atoms with Crippen molar-refractivity contribution in [1.29, 1.82) is 0 Å². The fourth-order valence-electron chi connectivity index (χ4n) is 7.26. The third kappa shape index (κ3) is 13.3. The summed E-state index contributed by atoms with van der Waals surface area (Å²) in [5, 5.41) is 5.48. The first-order valence-corrected chi connectivity index (χ1v) is 22.3. The van der Waals surface area contributed by atoms with Crippen molar-refractivity contribution < 1.29 is 49.0 Å². The third-order valence-electron chi connectivity index (χ3n) is 11.2. The van der Waals surface area contributed by atoms with E-state index >= 15 is 0 Å². The average Bonchev–Trinajstić information content (AvgIpc) is 3.72. The van der Waals surface area contributed by atoms with Crippen LogP contribution < -0.4 is 24.8 Å². The molecular formula is C55H72Cl2Zr-2. The Morgan fingerprint density at radius 1 is 0.517 bits per heavy atom. The van der Waals surface area contributed by atoms with E-state index in [9.17, 15) is 0 Å². The predicted octanol–water partition coefficient (Wildman–Crippen LogP) is 9.85. The minimum Gasteiger partial charge on any atom is -1.00 e. The van der Waals surface area contributed by atoms with Gasteiger partial charge in [-0.2, -0.15) is 11.6 Å². The van der Waals surface area contributed by atoms with Gasteiger partial charge in [0.1, 0.15) is 0 Å². The summed E-state index contributed by atoms with van der Waals surface area (Å²) in [5.41, 5.74) is 12.4. The molecule has 0 radical (unpaired) electrons. The molecule has 58 heavy (non-hydrogen) atoms. The first kappa shape index (κ1) is 51.7. The molecule has 0 N–H and O–H groups in total. The van der Waals surface area contributed by atoms with Crippen molar-refractivity contribution in [2.24, 2.45) is 11.3 Å². The molecule has 0 saturated carbocycles. The maximum absolute atomic E-state index is 3.57. The van der Waals surface area contributed by atoms with Gasteiger partial charge >= 0.3 is 151 Å². The van der Waals surface area contributed by atoms with Gasteiger partial charge in [-0.15, -0.1) is 39.7 Å². The molecule has 1 aliphatic carbocycles. The molecule has 0 spiro atoms. The molecule has 0 amide bonds. The van der Waals surface area contributed by atoms with Crippen LogP contribution in [0.1, 0.15) is 164 Å². The molecule has 1 atom stereocenters. The minimum absolute atomic E-state index is 0. The Balaban J connectivity index is 0.000000305. The normalized spacial score (nSPS) is 14.6. The molecule has 0 bridgehead atoms. The van der Waals surface area contributed by atoms with E-state index in [1.807, 2.05) is 0 Å². The number of benzene rings is 4. The van der Waals surface area contributed by atoms with Gasteiger partial charge in [0.15, 0.2) is 0 Å². The molecule has 3 heteroatoms. The second-order valence-electron chi connectivity index (χ2n) is 21.1. The van der Waals surface area contributed by atoms with Crippen LogP contribution in [0.5, 0.6) is 0 Å². The molecule has 5 aromatic rings. The van der Waals surface area contributed by atoms with Gasteiger partial charge in [0.25, 0.3) is 0 Å². The van der Waals surface area contributed by atoms with Crippen LogP contribution in [0.15, 0.2) is 108 Å². The predicted molar refractivity (Wildman–Crippen MR) is 246 cm³/mol. The van der Waals surface area contributed by atoms with Crippen molar-refractivity contribution >= 4 is 24.8 Å². The molecule has 0 saturated heterocycles. The van der Waals surface area contributed by atoms with E-state index in [0.29, 0.717) is 11.3 Å². The smallest absolute Gasteiger partial charge is 0.0202 e. The molecular weight excluding hydrogens is 823 g/mol. The molecule has 6 rings (SSSR count). The van der Waals surface area contributed by atoms with Crippen molar-refractivity contribution in [3.05, 3.63) is 148 Å². The number of fused-ring (bicyclic) bond motifs is 3. The van der Waals surface area contributed by atoms with E-state index in [1.54, 1.807) is 0 Å². The van der Waals surface area contributed by atoms with E-state index in [2.05, 4.69) is 221 Å². The first-order chi connectivity index (χ1) is 25.7. The van der Waals surface area contributed by atoms with Crippen LogP contribution in [0.2, 0.25) is 0 Å². The molecule has 0 aliphatic heterocycles. The van der Waals surface area contributed by atoms with Gasteiger partial charge in [0.05, 0.1) is 0 Å². The second-order valence-corrected chi connectivity index (χ2v) is 22.3. The summed E-state index contributed by atoms with van der Waals surface area (Å²) in [6.45, 7) is 38.5. The second kappa shape index (κ2) is 20.0. The van der Waals surface area contributed by atoms with Crippen LogP contribution in [0, 0.1) is 17.4 Å². The summed E-state index contributed by atoms with van der Waals surface area (Å²) in [6.07, 6.45) is 8.28. The third-order valence-corrected chi connectivity index (χ3v) is 12.6. The van der Waals surface area contributed by atoms with Crippen LogP contribution >= 0.6 is 0 Å². The summed E-state index contributed by atoms with van der Waals surface area (Å²) in [5.74, 6) is 0.573. The Labute approximate surface area is 382 Å². The Kier molecular flexibility index (Phi) is 17.8. The Morgan fingerprint density at radius 2 is 0.862 bits per heavy atom. The Hall–Kier alpha value is -2.44. The fourth-order valence-corrected chi connectivity index (χ4v) is 8.08. The SMILES string of the molecule is CC(C)(C)c1ccc([C](=[Zr+2])c2ccc(C(C)(C)C)cc2)cc1.CC(C)(C)c1ccc2c(c1)[cH-]c1cc(C(C)(C)C)ccc12.CCC1=[C-]C(CC)C=C1C(C)(C)C.[Cl-].[Cl-]. The average molecular weight is 895 g/mol. The zero-order valence-electron chi connectivity index (χ0n) is 39.0. The fraction of sp³-hybridized carbons (Fsp3) is 0.455. The molecule has 1 unspecified atom stereocenters. The van der Waals surface area contributed by atoms with Gasteiger partial charge in [-0.1, -0.05) is 136 Å². The number of allylic oxidation sites excluding steroid dienone is 4. The number of rotatable bonds is 4. The Bertz CT molecular complexity index is 2040. The van der Waals surface area contributed by atoms with Crippen LogP contribution in [0.4, 0.5) is 0 Å². The molecule has 0 nitrogen and oxygen atoms in total. The number of hydrogen-bond acceptors (Lipinski definition) is 0. The van der Waals surface area contributed by atoms with Gasteiger partial charge < -0.3 is 24.8 Å². The zero-order valence-corrected chi connectivity index (χ0v) is 43.0. The summed E-state index contributed by atoms with van der Waals surface area (Å²) in [6, 6.07) is 34.3. The van der Waals surface area contributed by atoms with Crippen LogP contribution in [0.25, 0.3) is 21.5 Å². The quantitative estimate of drug-likeness (QED) is 0.158. The maximum Gasteiger partial charge on any atom is -0.0202 e. The van der Waals surface area contributed by atoms with E-state index < -0.39 is 0 Å².